The van der Waals surface area contributed by atoms with Gasteiger partial charge < -0.3 is 4.74 Å². The van der Waals surface area contributed by atoms with Gasteiger partial charge in [-0.15, -0.1) is 0 Å². The first-order valence-corrected chi connectivity index (χ1v) is 9.38. The molecule has 4 atom stereocenters. The molecular formula is C22H32O3. The van der Waals surface area contributed by atoms with Crippen molar-refractivity contribution in [2.75, 3.05) is 0 Å². The predicted molar refractivity (Wildman–Crippen MR) is 101 cm³/mol. The molecule has 0 aromatic carbocycles. The maximum absolute atomic E-state index is 11.6. The highest BCUT2D eigenvalue weighted by Gasteiger charge is 2.44. The van der Waals surface area contributed by atoms with Crippen LogP contribution in [0.2, 0.25) is 0 Å². The fraction of sp³-hybridized carbons (Fsp3) is 0.636. The van der Waals surface area contributed by atoms with Crippen molar-refractivity contribution in [1.82, 2.24) is 0 Å². The van der Waals surface area contributed by atoms with Gasteiger partial charge in [0.05, 0.1) is 0 Å². The van der Waals surface area contributed by atoms with E-state index in [4.69, 9.17) is 4.74 Å². The lowest BCUT2D eigenvalue weighted by molar-refractivity contribution is -0.145. The summed E-state index contributed by atoms with van der Waals surface area (Å²) in [5.74, 6) is 0.593. The minimum absolute atomic E-state index is 0.154. The maximum Gasteiger partial charge on any atom is 0.303 e. The van der Waals surface area contributed by atoms with Crippen LogP contribution in [0.25, 0.3) is 0 Å². The van der Waals surface area contributed by atoms with Crippen molar-refractivity contribution in [3.8, 4) is 0 Å². The normalized spacial score (nSPS) is 37.5. The zero-order valence-corrected chi connectivity index (χ0v) is 16.1. The average molecular weight is 344 g/mol. The van der Waals surface area contributed by atoms with Crippen molar-refractivity contribution in [3.63, 3.8) is 0 Å². The minimum atomic E-state index is -0.429. The number of carbonyl (C=O) groups is 2. The highest BCUT2D eigenvalue weighted by atomic mass is 16.5. The average Bonchev–Trinajstić information content (AvgIpc) is 2.85. The number of fused-ring (bicyclic) bond motifs is 1. The molecule has 0 radical (unpaired) electrons. The van der Waals surface area contributed by atoms with Gasteiger partial charge in [0, 0.05) is 12.5 Å². The van der Waals surface area contributed by atoms with E-state index in [1.54, 1.807) is 0 Å². The molecule has 0 aromatic heterocycles. The smallest absolute Gasteiger partial charge is 0.303 e. The molecule has 138 valence electrons. The molecule has 0 amide bonds. The molecule has 2 aliphatic carbocycles. The molecule has 2 rings (SSSR count). The lowest BCUT2D eigenvalue weighted by Crippen LogP contribution is -2.29. The second-order valence-electron chi connectivity index (χ2n) is 8.28. The number of allylic oxidation sites excluding steroid dienone is 4. The SMILES string of the molecule is C=C(C)[C@@H]1C[C@@H]2CC(OC(C)=O)/C(C=O)=C\CC/C(C)=C/C[C@@]2(C)C1. The van der Waals surface area contributed by atoms with Crippen LogP contribution in [0, 0.1) is 17.3 Å². The molecule has 1 fully saturated rings. The van der Waals surface area contributed by atoms with E-state index in [2.05, 4.69) is 33.4 Å². The van der Waals surface area contributed by atoms with Crippen LogP contribution < -0.4 is 0 Å². The Balaban J connectivity index is 2.38. The van der Waals surface area contributed by atoms with E-state index in [1.165, 1.54) is 18.1 Å². The van der Waals surface area contributed by atoms with Crippen LogP contribution in [0.5, 0.6) is 0 Å². The summed E-state index contributed by atoms with van der Waals surface area (Å²) in [6, 6.07) is 0. The zero-order chi connectivity index (χ0) is 18.6. The van der Waals surface area contributed by atoms with E-state index < -0.39 is 6.10 Å². The van der Waals surface area contributed by atoms with Gasteiger partial charge in [0.25, 0.3) is 0 Å². The Morgan fingerprint density at radius 1 is 1.32 bits per heavy atom. The number of esters is 1. The molecule has 0 aromatic rings. The number of rotatable bonds is 3. The molecule has 25 heavy (non-hydrogen) atoms. The van der Waals surface area contributed by atoms with Crippen LogP contribution in [-0.4, -0.2) is 18.4 Å². The van der Waals surface area contributed by atoms with Crippen LogP contribution in [-0.2, 0) is 14.3 Å². The molecule has 1 saturated carbocycles. The number of carbonyl (C=O) groups excluding carboxylic acids is 2. The first-order valence-electron chi connectivity index (χ1n) is 9.38. The van der Waals surface area contributed by atoms with Crippen LogP contribution in [0.1, 0.15) is 66.2 Å². The van der Waals surface area contributed by atoms with E-state index in [9.17, 15) is 9.59 Å². The fourth-order valence-corrected chi connectivity index (χ4v) is 4.39. The van der Waals surface area contributed by atoms with Gasteiger partial charge in [-0.25, -0.2) is 0 Å². The zero-order valence-electron chi connectivity index (χ0n) is 16.1. The summed E-state index contributed by atoms with van der Waals surface area (Å²) in [4.78, 5) is 23.2. The van der Waals surface area contributed by atoms with Crippen LogP contribution in [0.15, 0.2) is 35.5 Å². The van der Waals surface area contributed by atoms with Gasteiger partial charge >= 0.3 is 5.97 Å². The number of hydrogen-bond acceptors (Lipinski definition) is 3. The summed E-state index contributed by atoms with van der Waals surface area (Å²) >= 11 is 0. The summed E-state index contributed by atoms with van der Waals surface area (Å²) in [7, 11) is 0. The molecular weight excluding hydrogens is 312 g/mol. The highest BCUT2D eigenvalue weighted by molar-refractivity contribution is 5.76. The number of ether oxygens (including phenoxy) is 1. The van der Waals surface area contributed by atoms with E-state index in [0.717, 1.165) is 44.8 Å². The number of hydrogen-bond donors (Lipinski definition) is 0. The van der Waals surface area contributed by atoms with Gasteiger partial charge in [0.2, 0.25) is 0 Å². The van der Waals surface area contributed by atoms with Gasteiger partial charge in [-0.05, 0) is 69.6 Å². The molecule has 0 heterocycles. The second-order valence-corrected chi connectivity index (χ2v) is 8.28. The van der Waals surface area contributed by atoms with Gasteiger partial charge in [0.15, 0.2) is 0 Å². The minimum Gasteiger partial charge on any atom is -0.458 e. The molecule has 0 bridgehead atoms. The van der Waals surface area contributed by atoms with Crippen LogP contribution in [0.4, 0.5) is 0 Å². The maximum atomic E-state index is 11.6. The molecule has 3 heteroatoms. The Kier molecular flexibility index (Phi) is 6.42. The molecule has 0 N–H and O–H groups in total. The van der Waals surface area contributed by atoms with Gasteiger partial charge in [0.1, 0.15) is 12.4 Å². The Labute approximate surface area is 152 Å². The third kappa shape index (κ3) is 4.93. The van der Waals surface area contributed by atoms with Gasteiger partial charge in [-0.1, -0.05) is 36.8 Å². The molecule has 2 aliphatic rings. The van der Waals surface area contributed by atoms with Crippen LogP contribution in [0.3, 0.4) is 0 Å². The summed E-state index contributed by atoms with van der Waals surface area (Å²) < 4.78 is 5.57. The Hall–Kier alpha value is -1.64. The summed E-state index contributed by atoms with van der Waals surface area (Å²) in [5, 5.41) is 0. The third-order valence-electron chi connectivity index (χ3n) is 6.11. The summed E-state index contributed by atoms with van der Waals surface area (Å²) in [6.45, 7) is 12.2. The third-order valence-corrected chi connectivity index (χ3v) is 6.11. The Bertz CT molecular complexity index is 598. The second kappa shape index (κ2) is 8.16. The Morgan fingerprint density at radius 2 is 2.04 bits per heavy atom. The van der Waals surface area contributed by atoms with E-state index >= 15 is 0 Å². The van der Waals surface area contributed by atoms with Crippen LogP contribution >= 0.6 is 0 Å². The van der Waals surface area contributed by atoms with Gasteiger partial charge in [-0.3, -0.25) is 9.59 Å². The number of aldehydes is 1. The van der Waals surface area contributed by atoms with Gasteiger partial charge in [-0.2, -0.15) is 0 Å². The van der Waals surface area contributed by atoms with E-state index in [1.807, 2.05) is 6.08 Å². The quantitative estimate of drug-likeness (QED) is 0.403. The van der Waals surface area contributed by atoms with Crippen molar-refractivity contribution in [3.05, 3.63) is 35.5 Å². The molecule has 0 spiro atoms. The lowest BCUT2D eigenvalue weighted by atomic mass is 9.73. The highest BCUT2D eigenvalue weighted by Crippen LogP contribution is 2.53. The predicted octanol–water partition coefficient (Wildman–Crippen LogP) is 5.17. The van der Waals surface area contributed by atoms with Crippen molar-refractivity contribution in [2.45, 2.75) is 72.3 Å². The van der Waals surface area contributed by atoms with Crippen molar-refractivity contribution >= 4 is 12.3 Å². The lowest BCUT2D eigenvalue weighted by Gasteiger charge is -2.33. The molecule has 0 saturated heterocycles. The Morgan fingerprint density at radius 3 is 2.64 bits per heavy atom. The summed E-state index contributed by atoms with van der Waals surface area (Å²) in [6.07, 6.45) is 10.4. The van der Waals surface area contributed by atoms with Crippen molar-refractivity contribution in [1.29, 1.82) is 0 Å². The van der Waals surface area contributed by atoms with E-state index in [0.29, 0.717) is 17.4 Å². The summed E-state index contributed by atoms with van der Waals surface area (Å²) in [5.41, 5.74) is 3.37. The van der Waals surface area contributed by atoms with E-state index in [-0.39, 0.29) is 11.4 Å². The first kappa shape index (κ1) is 19.7. The molecule has 1 unspecified atom stereocenters. The monoisotopic (exact) mass is 344 g/mol. The van der Waals surface area contributed by atoms with Crippen molar-refractivity contribution < 1.29 is 14.3 Å². The largest absolute Gasteiger partial charge is 0.458 e. The topological polar surface area (TPSA) is 43.4 Å². The molecule has 3 nitrogen and oxygen atoms in total. The standard InChI is InChI=1S/C22H32O3/c1-15(2)19-11-20-12-21(25-17(4)24)18(14-23)8-6-7-16(3)9-10-22(20,5)13-19/h8-9,14,19-21H,1,6-7,10-13H2,2-5H3/b16-9+,18-8-/t19-,20-,21?,22+/m1/s1. The first-order chi connectivity index (χ1) is 11.7. The van der Waals surface area contributed by atoms with Crippen molar-refractivity contribution in [2.24, 2.45) is 17.3 Å². The molecule has 0 aliphatic heterocycles. The fourth-order valence-electron chi connectivity index (χ4n) is 4.39.